The van der Waals surface area contributed by atoms with Crippen molar-refractivity contribution in [2.24, 2.45) is 0 Å². The first-order valence-electron chi connectivity index (χ1n) is 6.94. The van der Waals surface area contributed by atoms with Crippen molar-refractivity contribution in [3.05, 3.63) is 52.2 Å². The molecule has 108 valence electrons. The van der Waals surface area contributed by atoms with E-state index in [0.29, 0.717) is 23.7 Å². The first-order chi connectivity index (χ1) is 10.2. The fraction of sp³-hybridized carbons (Fsp3) is 0.250. The van der Waals surface area contributed by atoms with Crippen LogP contribution in [0, 0.1) is 0 Å². The van der Waals surface area contributed by atoms with Gasteiger partial charge in [0, 0.05) is 10.9 Å². The molecule has 0 aliphatic heterocycles. The maximum absolute atomic E-state index is 12.2. The van der Waals surface area contributed by atoms with Crippen molar-refractivity contribution in [3.63, 3.8) is 0 Å². The third kappa shape index (κ3) is 3.70. The minimum absolute atomic E-state index is 0.107. The van der Waals surface area contributed by atoms with Crippen molar-refractivity contribution in [1.82, 2.24) is 5.32 Å². The molecule has 1 aromatic carbocycles. The number of carbonyl (C=O) groups excluding carboxylic acids is 2. The summed E-state index contributed by atoms with van der Waals surface area (Å²) in [7, 11) is 0. The monoisotopic (exact) mass is 300 g/mol. The van der Waals surface area contributed by atoms with E-state index in [1.807, 2.05) is 23.6 Å². The topological polar surface area (TPSA) is 58.2 Å². The Kier molecular flexibility index (Phi) is 4.01. The highest BCUT2D eigenvalue weighted by Crippen LogP contribution is 2.21. The summed E-state index contributed by atoms with van der Waals surface area (Å²) in [6.45, 7) is 0. The number of hydrogen-bond donors (Lipinski definition) is 2. The van der Waals surface area contributed by atoms with Crippen molar-refractivity contribution in [3.8, 4) is 0 Å². The zero-order valence-electron chi connectivity index (χ0n) is 11.5. The van der Waals surface area contributed by atoms with Crippen LogP contribution in [-0.2, 0) is 11.2 Å². The molecule has 1 fully saturated rings. The standard InChI is InChI=1S/C16H16N2O2S/c19-15(10-12-4-3-9-21-12)18-14-6-2-1-5-13(14)16(20)17-11-7-8-11/h1-6,9,11H,7-8,10H2,(H,17,20)(H,18,19). The van der Waals surface area contributed by atoms with Crippen LogP contribution < -0.4 is 10.6 Å². The van der Waals surface area contributed by atoms with Crippen LogP contribution in [0.15, 0.2) is 41.8 Å². The van der Waals surface area contributed by atoms with Crippen molar-refractivity contribution >= 4 is 28.8 Å². The second kappa shape index (κ2) is 6.10. The molecule has 1 aliphatic carbocycles. The second-order valence-electron chi connectivity index (χ2n) is 5.10. The van der Waals surface area contributed by atoms with Crippen LogP contribution >= 0.6 is 11.3 Å². The number of benzene rings is 1. The maximum Gasteiger partial charge on any atom is 0.253 e. The smallest absolute Gasteiger partial charge is 0.253 e. The van der Waals surface area contributed by atoms with E-state index in [1.165, 1.54) is 0 Å². The van der Waals surface area contributed by atoms with E-state index >= 15 is 0 Å². The molecule has 0 bridgehead atoms. The summed E-state index contributed by atoms with van der Waals surface area (Å²) in [5.74, 6) is -0.228. The first-order valence-corrected chi connectivity index (χ1v) is 7.82. The summed E-state index contributed by atoms with van der Waals surface area (Å²) < 4.78 is 0. The van der Waals surface area contributed by atoms with Gasteiger partial charge in [0.15, 0.2) is 0 Å². The van der Waals surface area contributed by atoms with E-state index in [-0.39, 0.29) is 11.8 Å². The summed E-state index contributed by atoms with van der Waals surface area (Å²) in [5, 5.41) is 7.72. The largest absolute Gasteiger partial charge is 0.349 e. The zero-order valence-corrected chi connectivity index (χ0v) is 12.3. The lowest BCUT2D eigenvalue weighted by atomic mass is 10.1. The SMILES string of the molecule is O=C(Cc1cccs1)Nc1ccccc1C(=O)NC1CC1. The predicted octanol–water partition coefficient (Wildman–Crippen LogP) is 2.82. The van der Waals surface area contributed by atoms with Gasteiger partial charge in [0.2, 0.25) is 5.91 Å². The Morgan fingerprint density at radius 1 is 1.14 bits per heavy atom. The van der Waals surface area contributed by atoms with Crippen LogP contribution in [0.3, 0.4) is 0 Å². The Morgan fingerprint density at radius 2 is 1.95 bits per heavy atom. The molecule has 1 heterocycles. The molecule has 0 saturated heterocycles. The molecule has 2 amide bonds. The van der Waals surface area contributed by atoms with Crippen LogP contribution in [0.1, 0.15) is 28.1 Å². The molecule has 3 rings (SSSR count). The highest BCUT2D eigenvalue weighted by molar-refractivity contribution is 7.10. The number of hydrogen-bond acceptors (Lipinski definition) is 3. The summed E-state index contributed by atoms with van der Waals surface area (Å²) >= 11 is 1.55. The lowest BCUT2D eigenvalue weighted by Gasteiger charge is -2.10. The highest BCUT2D eigenvalue weighted by Gasteiger charge is 2.24. The van der Waals surface area contributed by atoms with Gasteiger partial charge in [0.25, 0.3) is 5.91 Å². The zero-order chi connectivity index (χ0) is 14.7. The van der Waals surface area contributed by atoms with E-state index in [9.17, 15) is 9.59 Å². The Morgan fingerprint density at radius 3 is 2.67 bits per heavy atom. The molecule has 1 saturated carbocycles. The van der Waals surface area contributed by atoms with E-state index in [1.54, 1.807) is 29.5 Å². The van der Waals surface area contributed by atoms with Crippen LogP contribution in [0.5, 0.6) is 0 Å². The van der Waals surface area contributed by atoms with Crippen LogP contribution in [0.2, 0.25) is 0 Å². The van der Waals surface area contributed by atoms with E-state index < -0.39 is 0 Å². The molecule has 1 aromatic heterocycles. The fourth-order valence-corrected chi connectivity index (χ4v) is 2.75. The molecule has 0 atom stereocenters. The number of carbonyl (C=O) groups is 2. The van der Waals surface area contributed by atoms with Gasteiger partial charge in [-0.05, 0) is 36.4 Å². The number of rotatable bonds is 5. The lowest BCUT2D eigenvalue weighted by molar-refractivity contribution is -0.115. The highest BCUT2D eigenvalue weighted by atomic mass is 32.1. The van der Waals surface area contributed by atoms with Crippen LogP contribution in [0.25, 0.3) is 0 Å². The van der Waals surface area contributed by atoms with Crippen molar-refractivity contribution in [2.75, 3.05) is 5.32 Å². The van der Waals surface area contributed by atoms with Gasteiger partial charge in [-0.3, -0.25) is 9.59 Å². The molecule has 0 spiro atoms. The number of thiophene rings is 1. The van der Waals surface area contributed by atoms with Gasteiger partial charge >= 0.3 is 0 Å². The minimum Gasteiger partial charge on any atom is -0.349 e. The average molecular weight is 300 g/mol. The van der Waals surface area contributed by atoms with Crippen LogP contribution in [0.4, 0.5) is 5.69 Å². The quantitative estimate of drug-likeness (QED) is 0.892. The van der Waals surface area contributed by atoms with Gasteiger partial charge in [-0.25, -0.2) is 0 Å². The third-order valence-electron chi connectivity index (χ3n) is 3.27. The number of nitrogens with one attached hydrogen (secondary N) is 2. The summed E-state index contributed by atoms with van der Waals surface area (Å²) in [5.41, 5.74) is 1.08. The van der Waals surface area contributed by atoms with Gasteiger partial charge < -0.3 is 10.6 Å². The molecule has 0 radical (unpaired) electrons. The molecule has 4 nitrogen and oxygen atoms in total. The molecule has 2 N–H and O–H groups in total. The molecule has 2 aromatic rings. The van der Waals surface area contributed by atoms with Crippen molar-refractivity contribution < 1.29 is 9.59 Å². The fourth-order valence-electron chi connectivity index (χ4n) is 2.05. The molecule has 1 aliphatic rings. The van der Waals surface area contributed by atoms with Gasteiger partial charge in [-0.1, -0.05) is 18.2 Å². The van der Waals surface area contributed by atoms with E-state index in [2.05, 4.69) is 10.6 Å². The molecule has 21 heavy (non-hydrogen) atoms. The van der Waals surface area contributed by atoms with E-state index in [4.69, 9.17) is 0 Å². The molecular weight excluding hydrogens is 284 g/mol. The Bertz CT molecular complexity index is 648. The minimum atomic E-state index is -0.121. The number of para-hydroxylation sites is 1. The molecular formula is C16H16N2O2S. The van der Waals surface area contributed by atoms with Crippen LogP contribution in [-0.4, -0.2) is 17.9 Å². The summed E-state index contributed by atoms with van der Waals surface area (Å²) in [6, 6.07) is 11.3. The predicted molar refractivity (Wildman–Crippen MR) is 83.6 cm³/mol. The second-order valence-corrected chi connectivity index (χ2v) is 6.13. The normalized spacial score (nSPS) is 13.7. The molecule has 5 heteroatoms. The average Bonchev–Trinajstić information content (AvgIpc) is 3.13. The summed E-state index contributed by atoms with van der Waals surface area (Å²) in [4.78, 5) is 25.2. The van der Waals surface area contributed by atoms with Gasteiger partial charge in [-0.15, -0.1) is 11.3 Å². The van der Waals surface area contributed by atoms with Crippen molar-refractivity contribution in [2.45, 2.75) is 25.3 Å². The molecule has 0 unspecified atom stereocenters. The van der Waals surface area contributed by atoms with Gasteiger partial charge in [0.1, 0.15) is 0 Å². The number of amides is 2. The third-order valence-corrected chi connectivity index (χ3v) is 4.15. The Labute approximate surface area is 127 Å². The van der Waals surface area contributed by atoms with Gasteiger partial charge in [0.05, 0.1) is 17.7 Å². The Balaban J connectivity index is 1.69. The lowest BCUT2D eigenvalue weighted by Crippen LogP contribution is -2.27. The summed E-state index contributed by atoms with van der Waals surface area (Å²) in [6.07, 6.45) is 2.41. The first kappa shape index (κ1) is 13.8. The van der Waals surface area contributed by atoms with Crippen molar-refractivity contribution in [1.29, 1.82) is 0 Å². The van der Waals surface area contributed by atoms with Gasteiger partial charge in [-0.2, -0.15) is 0 Å². The number of anilines is 1. The Hall–Kier alpha value is -2.14. The maximum atomic E-state index is 12.2. The van der Waals surface area contributed by atoms with E-state index in [0.717, 1.165) is 17.7 Å².